The number of amides is 1. The maximum Gasteiger partial charge on any atom is 0.306 e. The van der Waals surface area contributed by atoms with E-state index in [0.717, 1.165) is 44.9 Å². The summed E-state index contributed by atoms with van der Waals surface area (Å²) in [6, 6.07) is -0.267. The summed E-state index contributed by atoms with van der Waals surface area (Å²) < 4.78 is 16.5. The summed E-state index contributed by atoms with van der Waals surface area (Å²) in [6.07, 6.45) is 15.9. The van der Waals surface area contributed by atoms with Gasteiger partial charge in [-0.15, -0.1) is 0 Å². The van der Waals surface area contributed by atoms with Crippen LogP contribution in [0.3, 0.4) is 0 Å². The zero-order valence-electron chi connectivity index (χ0n) is 27.5. The van der Waals surface area contributed by atoms with Crippen molar-refractivity contribution in [2.24, 2.45) is 5.92 Å². The minimum absolute atomic E-state index is 0.0236. The first-order valence-corrected chi connectivity index (χ1v) is 16.9. The molecule has 1 rings (SSSR count). The highest BCUT2D eigenvalue weighted by atomic mass is 16.6. The highest BCUT2D eigenvalue weighted by molar-refractivity contribution is 5.76. The first kappa shape index (κ1) is 38.6. The molecule has 0 N–H and O–H groups in total. The summed E-state index contributed by atoms with van der Waals surface area (Å²) in [5, 5.41) is 0. The van der Waals surface area contributed by atoms with Crippen molar-refractivity contribution >= 4 is 29.6 Å². The smallest absolute Gasteiger partial charge is 0.306 e. The summed E-state index contributed by atoms with van der Waals surface area (Å²) >= 11 is 0. The molecular weight excluding hydrogens is 550 g/mol. The molecule has 2 atom stereocenters. The Bertz CT molecular complexity index is 797. The predicted octanol–water partition coefficient (Wildman–Crippen LogP) is 6.87. The van der Waals surface area contributed by atoms with Crippen LogP contribution in [0.15, 0.2) is 0 Å². The molecule has 9 nitrogen and oxygen atoms in total. The van der Waals surface area contributed by atoms with Crippen molar-refractivity contribution in [2.45, 2.75) is 162 Å². The molecule has 1 aliphatic rings. The van der Waals surface area contributed by atoms with Gasteiger partial charge in [0.25, 0.3) is 0 Å². The number of likely N-dealkylation sites (tertiary alicyclic amines) is 1. The molecule has 248 valence electrons. The summed E-state index contributed by atoms with van der Waals surface area (Å²) in [7, 11) is 0. The van der Waals surface area contributed by atoms with Crippen LogP contribution in [0, 0.1) is 5.92 Å². The van der Waals surface area contributed by atoms with E-state index in [1.165, 1.54) is 45.4 Å². The number of rotatable bonds is 25. The van der Waals surface area contributed by atoms with Crippen LogP contribution in [-0.4, -0.2) is 66.4 Å². The molecule has 1 amide bonds. The molecule has 0 radical (unpaired) electrons. The molecule has 9 heteroatoms. The van der Waals surface area contributed by atoms with E-state index < -0.39 is 11.9 Å². The monoisotopic (exact) mass is 609 g/mol. The SMILES string of the molecule is CCCCCCCCC(=O)OCC(COC(=O)CCCCCCCC)CC(=O)OCC1CCC(CCC(C)=O)N1C(C)=O. The molecule has 1 heterocycles. The lowest BCUT2D eigenvalue weighted by Crippen LogP contribution is -2.42. The Kier molecular flexibility index (Phi) is 21.5. The molecule has 1 saturated heterocycles. The van der Waals surface area contributed by atoms with Gasteiger partial charge in [-0.3, -0.25) is 19.2 Å². The molecular formula is C34H59NO8. The van der Waals surface area contributed by atoms with E-state index in [1.807, 2.05) is 0 Å². The fourth-order valence-electron chi connectivity index (χ4n) is 5.61. The van der Waals surface area contributed by atoms with Gasteiger partial charge in [0.2, 0.25) is 5.91 Å². The van der Waals surface area contributed by atoms with Gasteiger partial charge in [-0.05, 0) is 39.0 Å². The lowest BCUT2D eigenvalue weighted by molar-refractivity contribution is -0.155. The lowest BCUT2D eigenvalue weighted by atomic mass is 10.1. The number of ketones is 1. The average molecular weight is 610 g/mol. The standard InChI is InChI=1S/C34H59NO8/c1-5-7-9-11-13-15-17-32(38)41-24-29(25-42-33(39)18-16-14-12-10-8-6-2)23-34(40)43-26-31-22-21-30(20-19-27(3)36)35(31)28(4)37/h29-31H,5-26H2,1-4H3. The van der Waals surface area contributed by atoms with Crippen molar-refractivity contribution in [1.82, 2.24) is 4.90 Å². The third-order valence-electron chi connectivity index (χ3n) is 8.13. The molecule has 0 aliphatic carbocycles. The number of ether oxygens (including phenoxy) is 3. The highest BCUT2D eigenvalue weighted by Crippen LogP contribution is 2.28. The van der Waals surface area contributed by atoms with E-state index >= 15 is 0 Å². The Balaban J connectivity index is 2.58. The van der Waals surface area contributed by atoms with E-state index in [2.05, 4.69) is 13.8 Å². The molecule has 1 aliphatic heterocycles. The van der Waals surface area contributed by atoms with E-state index in [0.29, 0.717) is 32.1 Å². The van der Waals surface area contributed by atoms with Crippen LogP contribution in [0.25, 0.3) is 0 Å². The molecule has 0 spiro atoms. The van der Waals surface area contributed by atoms with Gasteiger partial charge >= 0.3 is 17.9 Å². The van der Waals surface area contributed by atoms with Gasteiger partial charge in [0.15, 0.2) is 0 Å². The average Bonchev–Trinajstić information content (AvgIpc) is 3.39. The number of hydrogen-bond acceptors (Lipinski definition) is 8. The topological polar surface area (TPSA) is 116 Å². The molecule has 0 saturated carbocycles. The summed E-state index contributed by atoms with van der Waals surface area (Å²) in [5.41, 5.74) is 0. The summed E-state index contributed by atoms with van der Waals surface area (Å²) in [4.78, 5) is 63.0. The van der Waals surface area contributed by atoms with Crippen LogP contribution in [0.4, 0.5) is 0 Å². The predicted molar refractivity (Wildman–Crippen MR) is 166 cm³/mol. The van der Waals surface area contributed by atoms with Crippen LogP contribution in [0.5, 0.6) is 0 Å². The number of unbranched alkanes of at least 4 members (excludes halogenated alkanes) is 10. The molecule has 0 bridgehead atoms. The normalized spacial score (nSPS) is 16.3. The second kappa shape index (κ2) is 23.9. The fourth-order valence-corrected chi connectivity index (χ4v) is 5.61. The van der Waals surface area contributed by atoms with E-state index in [1.54, 1.807) is 11.8 Å². The first-order valence-electron chi connectivity index (χ1n) is 16.9. The Morgan fingerprint density at radius 1 is 0.628 bits per heavy atom. The number of hydrogen-bond donors (Lipinski definition) is 0. The minimum atomic E-state index is -0.509. The number of nitrogens with zero attached hydrogens (tertiary/aromatic N) is 1. The van der Waals surface area contributed by atoms with Gasteiger partial charge in [-0.1, -0.05) is 78.1 Å². The maximum absolute atomic E-state index is 12.8. The van der Waals surface area contributed by atoms with Gasteiger partial charge in [-0.2, -0.15) is 0 Å². The van der Waals surface area contributed by atoms with Crippen molar-refractivity contribution in [3.8, 4) is 0 Å². The van der Waals surface area contributed by atoms with Crippen molar-refractivity contribution in [1.29, 1.82) is 0 Å². The van der Waals surface area contributed by atoms with Gasteiger partial charge in [-0.25, -0.2) is 0 Å². The maximum atomic E-state index is 12.8. The van der Waals surface area contributed by atoms with Crippen molar-refractivity contribution in [2.75, 3.05) is 19.8 Å². The number of carbonyl (C=O) groups is 5. The van der Waals surface area contributed by atoms with Gasteiger partial charge in [0.05, 0.1) is 25.7 Å². The Morgan fingerprint density at radius 3 is 1.60 bits per heavy atom. The second-order valence-corrected chi connectivity index (χ2v) is 12.2. The minimum Gasteiger partial charge on any atom is -0.465 e. The first-order chi connectivity index (χ1) is 20.7. The molecule has 0 aromatic rings. The quantitative estimate of drug-likeness (QED) is 0.0625. The third kappa shape index (κ3) is 18.7. The fraction of sp³-hybridized carbons (Fsp3) is 0.853. The Hall–Kier alpha value is -2.45. The number of carbonyl (C=O) groups excluding carboxylic acids is 5. The summed E-state index contributed by atoms with van der Waals surface area (Å²) in [5.74, 6) is -1.63. The number of Topliss-reactive ketones (excluding diaryl/α,β-unsaturated/α-hetero) is 1. The number of esters is 3. The van der Waals surface area contributed by atoms with Crippen molar-refractivity contribution < 1.29 is 38.2 Å². The van der Waals surface area contributed by atoms with Crippen LogP contribution in [0.1, 0.15) is 150 Å². The molecule has 0 aromatic heterocycles. The van der Waals surface area contributed by atoms with Crippen LogP contribution in [-0.2, 0) is 38.2 Å². The molecule has 2 unspecified atom stereocenters. The van der Waals surface area contributed by atoms with Crippen LogP contribution in [0.2, 0.25) is 0 Å². The Labute approximate surface area is 260 Å². The second-order valence-electron chi connectivity index (χ2n) is 12.2. The van der Waals surface area contributed by atoms with Crippen LogP contribution >= 0.6 is 0 Å². The molecule has 0 aromatic carbocycles. The lowest BCUT2D eigenvalue weighted by Gasteiger charge is -2.29. The van der Waals surface area contributed by atoms with Gasteiger partial charge in [0, 0.05) is 38.1 Å². The van der Waals surface area contributed by atoms with E-state index in [9.17, 15) is 24.0 Å². The van der Waals surface area contributed by atoms with Crippen LogP contribution < -0.4 is 0 Å². The van der Waals surface area contributed by atoms with Gasteiger partial charge < -0.3 is 23.9 Å². The Morgan fingerprint density at radius 2 is 1.12 bits per heavy atom. The van der Waals surface area contributed by atoms with Crippen molar-refractivity contribution in [3.63, 3.8) is 0 Å². The zero-order valence-corrected chi connectivity index (χ0v) is 27.5. The molecule has 43 heavy (non-hydrogen) atoms. The third-order valence-corrected chi connectivity index (χ3v) is 8.13. The van der Waals surface area contributed by atoms with Crippen molar-refractivity contribution in [3.05, 3.63) is 0 Å². The largest absolute Gasteiger partial charge is 0.465 e. The molecule has 1 fully saturated rings. The zero-order chi connectivity index (χ0) is 31.9. The van der Waals surface area contributed by atoms with Gasteiger partial charge in [0.1, 0.15) is 12.4 Å². The summed E-state index contributed by atoms with van der Waals surface area (Å²) in [6.45, 7) is 7.39. The van der Waals surface area contributed by atoms with E-state index in [-0.39, 0.29) is 62.0 Å². The highest BCUT2D eigenvalue weighted by Gasteiger charge is 2.36. The van der Waals surface area contributed by atoms with E-state index in [4.69, 9.17) is 14.2 Å².